The summed E-state index contributed by atoms with van der Waals surface area (Å²) < 4.78 is 47.2. The molecule has 0 radical (unpaired) electrons. The summed E-state index contributed by atoms with van der Waals surface area (Å²) in [5.41, 5.74) is -0.0260. The summed E-state index contributed by atoms with van der Waals surface area (Å²) in [6.45, 7) is 0. The minimum atomic E-state index is -4.30. The van der Waals surface area contributed by atoms with Crippen LogP contribution in [0.3, 0.4) is 0 Å². The van der Waals surface area contributed by atoms with Gasteiger partial charge in [-0.1, -0.05) is 12.1 Å². The normalized spacial score (nSPS) is 14.0. The van der Waals surface area contributed by atoms with Gasteiger partial charge in [-0.3, -0.25) is 4.21 Å². The van der Waals surface area contributed by atoms with Gasteiger partial charge in [0, 0.05) is 22.8 Å². The van der Waals surface area contributed by atoms with Gasteiger partial charge in [-0.05, 0) is 17.7 Å². The maximum absolute atomic E-state index is 12.1. The van der Waals surface area contributed by atoms with Crippen LogP contribution in [0.5, 0.6) is 0 Å². The van der Waals surface area contributed by atoms with Crippen molar-refractivity contribution in [1.29, 1.82) is 0 Å². The van der Waals surface area contributed by atoms with Crippen molar-refractivity contribution in [3.05, 3.63) is 35.4 Å². The van der Waals surface area contributed by atoms with Crippen molar-refractivity contribution in [2.45, 2.75) is 11.9 Å². The predicted octanol–water partition coefficient (Wildman–Crippen LogP) is 2.58. The Bertz CT molecular complexity index is 329. The average Bonchev–Trinajstić information content (AvgIpc) is 2.02. The summed E-state index contributed by atoms with van der Waals surface area (Å²) in [5, 5.41) is 0. The second-order valence-corrected chi connectivity index (χ2v) is 4.35. The average molecular weight is 222 g/mol. The zero-order valence-corrected chi connectivity index (χ0v) is 8.28. The molecule has 1 nitrogen and oxygen atoms in total. The van der Waals surface area contributed by atoms with Crippen LogP contribution >= 0.6 is 0 Å². The van der Waals surface area contributed by atoms with Gasteiger partial charge in [0.25, 0.3) is 0 Å². The summed E-state index contributed by atoms with van der Waals surface area (Å²) >= 11 is 0. The summed E-state index contributed by atoms with van der Waals surface area (Å²) in [7, 11) is -1.03. The highest BCUT2D eigenvalue weighted by Gasteiger charge is 2.29. The lowest BCUT2D eigenvalue weighted by molar-refractivity contribution is -0.137. The van der Waals surface area contributed by atoms with Crippen LogP contribution in [0.2, 0.25) is 0 Å². The van der Waals surface area contributed by atoms with E-state index in [1.165, 1.54) is 18.4 Å². The van der Waals surface area contributed by atoms with E-state index in [2.05, 4.69) is 0 Å². The van der Waals surface area contributed by atoms with Gasteiger partial charge in [0.15, 0.2) is 0 Å². The Morgan fingerprint density at radius 1 is 1.21 bits per heavy atom. The molecule has 1 unspecified atom stereocenters. The molecule has 14 heavy (non-hydrogen) atoms. The Labute approximate surface area is 82.4 Å². The summed E-state index contributed by atoms with van der Waals surface area (Å²) in [6.07, 6.45) is -2.79. The second kappa shape index (κ2) is 4.13. The maximum Gasteiger partial charge on any atom is 0.416 e. The fourth-order valence-electron chi connectivity index (χ4n) is 1.02. The van der Waals surface area contributed by atoms with Crippen LogP contribution in [0.25, 0.3) is 0 Å². The van der Waals surface area contributed by atoms with E-state index in [-0.39, 0.29) is 5.75 Å². The number of hydrogen-bond acceptors (Lipinski definition) is 1. The number of rotatable bonds is 2. The standard InChI is InChI=1S/C9H9F3OS/c1-14(13)6-7-2-4-8(5-3-7)9(10,11)12/h2-5H,6H2,1H3. The van der Waals surface area contributed by atoms with E-state index in [4.69, 9.17) is 0 Å². The van der Waals surface area contributed by atoms with E-state index in [1.807, 2.05) is 0 Å². The highest BCUT2D eigenvalue weighted by molar-refractivity contribution is 7.83. The zero-order chi connectivity index (χ0) is 10.8. The lowest BCUT2D eigenvalue weighted by Gasteiger charge is -2.06. The summed E-state index contributed by atoms with van der Waals surface area (Å²) in [6, 6.07) is 4.71. The third kappa shape index (κ3) is 3.14. The fraction of sp³-hybridized carbons (Fsp3) is 0.333. The first-order chi connectivity index (χ1) is 6.39. The van der Waals surface area contributed by atoms with Gasteiger partial charge >= 0.3 is 6.18 Å². The Balaban J connectivity index is 2.84. The SMILES string of the molecule is CS(=O)Cc1ccc(C(F)(F)F)cc1. The van der Waals surface area contributed by atoms with Crippen molar-refractivity contribution in [2.75, 3.05) is 6.26 Å². The van der Waals surface area contributed by atoms with Gasteiger partial charge in [0.2, 0.25) is 0 Å². The minimum Gasteiger partial charge on any atom is -0.260 e. The number of hydrogen-bond donors (Lipinski definition) is 0. The molecule has 0 fully saturated rings. The van der Waals surface area contributed by atoms with Gasteiger partial charge in [-0.2, -0.15) is 13.2 Å². The summed E-state index contributed by atoms with van der Waals surface area (Å²) in [5.74, 6) is 0.290. The molecule has 0 aromatic heterocycles. The van der Waals surface area contributed by atoms with E-state index in [0.29, 0.717) is 5.56 Å². The monoisotopic (exact) mass is 222 g/mol. The highest BCUT2D eigenvalue weighted by atomic mass is 32.2. The van der Waals surface area contributed by atoms with E-state index in [1.54, 1.807) is 0 Å². The van der Waals surface area contributed by atoms with Crippen molar-refractivity contribution in [2.24, 2.45) is 0 Å². The molecule has 1 rings (SSSR count). The van der Waals surface area contributed by atoms with E-state index >= 15 is 0 Å². The first-order valence-electron chi connectivity index (χ1n) is 3.86. The van der Waals surface area contributed by atoms with Crippen molar-refractivity contribution in [3.8, 4) is 0 Å². The minimum absolute atomic E-state index is 0.290. The Morgan fingerprint density at radius 3 is 2.07 bits per heavy atom. The zero-order valence-electron chi connectivity index (χ0n) is 7.47. The molecule has 5 heteroatoms. The van der Waals surface area contributed by atoms with Crippen LogP contribution in [0.4, 0.5) is 13.2 Å². The third-order valence-electron chi connectivity index (χ3n) is 1.65. The Kier molecular flexibility index (Phi) is 3.31. The van der Waals surface area contributed by atoms with Gasteiger partial charge in [-0.25, -0.2) is 0 Å². The van der Waals surface area contributed by atoms with Gasteiger partial charge < -0.3 is 0 Å². The molecular formula is C9H9F3OS. The molecule has 78 valence electrons. The molecule has 0 heterocycles. The molecule has 0 bridgehead atoms. The molecule has 0 saturated heterocycles. The number of alkyl halides is 3. The van der Waals surface area contributed by atoms with Gasteiger partial charge in [0.1, 0.15) is 0 Å². The Hall–Kier alpha value is -0.840. The van der Waals surface area contributed by atoms with Crippen LogP contribution in [-0.2, 0) is 22.7 Å². The van der Waals surface area contributed by atoms with Crippen molar-refractivity contribution in [1.82, 2.24) is 0 Å². The highest BCUT2D eigenvalue weighted by Crippen LogP contribution is 2.29. The van der Waals surface area contributed by atoms with Crippen LogP contribution in [0.1, 0.15) is 11.1 Å². The lowest BCUT2D eigenvalue weighted by Crippen LogP contribution is -2.04. The van der Waals surface area contributed by atoms with E-state index in [9.17, 15) is 17.4 Å². The molecule has 0 spiro atoms. The number of halogens is 3. The topological polar surface area (TPSA) is 17.1 Å². The summed E-state index contributed by atoms with van der Waals surface area (Å²) in [4.78, 5) is 0. The van der Waals surface area contributed by atoms with Crippen LogP contribution < -0.4 is 0 Å². The second-order valence-electron chi connectivity index (χ2n) is 2.91. The molecule has 0 saturated carbocycles. The fourth-order valence-corrected chi connectivity index (χ4v) is 1.69. The predicted molar refractivity (Wildman–Crippen MR) is 49.2 cm³/mol. The molecule has 1 aromatic carbocycles. The van der Waals surface area contributed by atoms with Crippen molar-refractivity contribution >= 4 is 10.8 Å². The van der Waals surface area contributed by atoms with E-state index < -0.39 is 22.5 Å². The molecule has 0 amide bonds. The largest absolute Gasteiger partial charge is 0.416 e. The lowest BCUT2D eigenvalue weighted by atomic mass is 10.1. The quantitative estimate of drug-likeness (QED) is 0.751. The van der Waals surface area contributed by atoms with E-state index in [0.717, 1.165) is 12.1 Å². The molecule has 1 aromatic rings. The van der Waals surface area contributed by atoms with Crippen LogP contribution in [0.15, 0.2) is 24.3 Å². The molecule has 0 aliphatic carbocycles. The van der Waals surface area contributed by atoms with Crippen molar-refractivity contribution < 1.29 is 17.4 Å². The first kappa shape index (κ1) is 11.2. The van der Waals surface area contributed by atoms with Gasteiger partial charge in [-0.15, -0.1) is 0 Å². The first-order valence-corrected chi connectivity index (χ1v) is 5.58. The molecule has 0 N–H and O–H groups in total. The van der Waals surface area contributed by atoms with Gasteiger partial charge in [0.05, 0.1) is 5.56 Å². The Morgan fingerprint density at radius 2 is 1.71 bits per heavy atom. The third-order valence-corrected chi connectivity index (χ3v) is 2.39. The molecule has 1 atom stereocenters. The maximum atomic E-state index is 12.1. The molecule has 0 aliphatic rings. The van der Waals surface area contributed by atoms with Crippen LogP contribution in [0, 0.1) is 0 Å². The molecule has 0 aliphatic heterocycles. The smallest absolute Gasteiger partial charge is 0.260 e. The van der Waals surface area contributed by atoms with Crippen molar-refractivity contribution in [3.63, 3.8) is 0 Å². The molecular weight excluding hydrogens is 213 g/mol. The van der Waals surface area contributed by atoms with Crippen LogP contribution in [-0.4, -0.2) is 10.5 Å². The number of benzene rings is 1.